The number of fused-ring (bicyclic) bond motifs is 1. The quantitative estimate of drug-likeness (QED) is 0.399. The first kappa shape index (κ1) is 23.1. The van der Waals surface area contributed by atoms with Crippen LogP contribution in [0.15, 0.2) is 63.2 Å². The Morgan fingerprint density at radius 1 is 1.06 bits per heavy atom. The Hall–Kier alpha value is -3.67. The molecule has 11 heteroatoms. The van der Waals surface area contributed by atoms with Crippen molar-refractivity contribution in [1.29, 1.82) is 10.5 Å². The third-order valence-corrected chi connectivity index (χ3v) is 9.68. The summed E-state index contributed by atoms with van der Waals surface area (Å²) < 4.78 is 33.8. The second-order valence-electron chi connectivity index (χ2n) is 8.21. The average Bonchev–Trinajstić information content (AvgIpc) is 3.53. The molecule has 176 valence electrons. The lowest BCUT2D eigenvalue weighted by Gasteiger charge is -2.24. The van der Waals surface area contributed by atoms with Crippen molar-refractivity contribution in [3.8, 4) is 23.3 Å². The third kappa shape index (κ3) is 4.41. The van der Waals surface area contributed by atoms with Gasteiger partial charge >= 0.3 is 0 Å². The molecule has 0 N–H and O–H groups in total. The molecule has 0 unspecified atom stereocenters. The van der Waals surface area contributed by atoms with Gasteiger partial charge < -0.3 is 0 Å². The number of pyridine rings is 1. The van der Waals surface area contributed by atoms with Crippen LogP contribution in [0.5, 0.6) is 0 Å². The predicted molar refractivity (Wildman–Crippen MR) is 131 cm³/mol. The molecule has 1 aliphatic rings. The number of benzene rings is 1. The molecule has 1 aliphatic heterocycles. The zero-order chi connectivity index (χ0) is 24.6. The van der Waals surface area contributed by atoms with Crippen molar-refractivity contribution in [2.75, 3.05) is 18.6 Å². The lowest BCUT2D eigenvalue weighted by Crippen LogP contribution is -2.25. The molecular formula is C24H20FN7OS2. The van der Waals surface area contributed by atoms with Gasteiger partial charge in [0, 0.05) is 61.6 Å². The van der Waals surface area contributed by atoms with Crippen molar-refractivity contribution >= 4 is 27.0 Å². The smallest absolute Gasteiger partial charge is 0.124 e. The van der Waals surface area contributed by atoms with Gasteiger partial charge in [0.15, 0.2) is 0 Å². The van der Waals surface area contributed by atoms with Crippen LogP contribution in [0, 0.1) is 28.5 Å². The van der Waals surface area contributed by atoms with E-state index in [1.807, 2.05) is 29.2 Å². The van der Waals surface area contributed by atoms with E-state index in [-0.39, 0.29) is 11.6 Å². The third-order valence-electron chi connectivity index (χ3n) is 6.16. The van der Waals surface area contributed by atoms with Gasteiger partial charge in [-0.2, -0.15) is 20.7 Å². The van der Waals surface area contributed by atoms with Crippen molar-refractivity contribution in [2.24, 2.45) is 4.36 Å². The van der Waals surface area contributed by atoms with Crippen LogP contribution in [0.3, 0.4) is 0 Å². The molecule has 8 nitrogen and oxygen atoms in total. The summed E-state index contributed by atoms with van der Waals surface area (Å²) in [5, 5.41) is 28.0. The minimum atomic E-state index is -2.09. The number of halogens is 1. The fraction of sp³-hybridized carbons (Fsp3) is 0.250. The van der Waals surface area contributed by atoms with Gasteiger partial charge in [0.25, 0.3) is 0 Å². The van der Waals surface area contributed by atoms with Gasteiger partial charge in [-0.1, -0.05) is 11.8 Å². The Morgan fingerprint density at radius 2 is 1.83 bits per heavy atom. The van der Waals surface area contributed by atoms with Gasteiger partial charge in [-0.3, -0.25) is 4.68 Å². The van der Waals surface area contributed by atoms with Gasteiger partial charge in [-0.05, 0) is 37.1 Å². The van der Waals surface area contributed by atoms with Crippen LogP contribution in [-0.2, 0) is 9.73 Å². The molecular weight excluding hydrogens is 485 g/mol. The monoisotopic (exact) mass is 505 g/mol. The number of nitrogens with zero attached hydrogens (tertiary/aromatic N) is 7. The van der Waals surface area contributed by atoms with Crippen LogP contribution in [0.1, 0.15) is 30.0 Å². The van der Waals surface area contributed by atoms with Crippen LogP contribution < -0.4 is 0 Å². The molecule has 1 saturated heterocycles. The van der Waals surface area contributed by atoms with E-state index in [1.54, 1.807) is 23.8 Å². The van der Waals surface area contributed by atoms with E-state index in [0.29, 0.717) is 27.5 Å². The highest BCUT2D eigenvalue weighted by Gasteiger charge is 2.24. The molecule has 1 fully saturated rings. The van der Waals surface area contributed by atoms with E-state index in [4.69, 9.17) is 0 Å². The number of rotatable bonds is 4. The Bertz CT molecular complexity index is 1640. The summed E-state index contributed by atoms with van der Waals surface area (Å²) in [6.45, 7) is 0. The minimum absolute atomic E-state index is 0.157. The SMILES string of the molecule is CN=S1(=O)CCC(n2cc(-c3cc(Sc4ccc(F)cc4C#N)c4c(C#N)cnn4c3)cn2)CC1. The molecule has 0 bridgehead atoms. The van der Waals surface area contributed by atoms with Crippen LogP contribution in [-0.4, -0.2) is 42.2 Å². The Kier molecular flexibility index (Phi) is 6.05. The van der Waals surface area contributed by atoms with Crippen LogP contribution in [0.2, 0.25) is 0 Å². The standard InChI is InChI=1S/C24H20FN7OS2/c1-28-35(33)6-4-21(5-7-35)31-15-19(13-29-31)17-9-23(24-18(11-27)12-30-32(24)14-17)34-22-3-2-20(25)8-16(22)10-26/h2-3,8-9,12-15,21H,4-7H2,1H3. The summed E-state index contributed by atoms with van der Waals surface area (Å²) in [6, 6.07) is 10.4. The van der Waals surface area contributed by atoms with Crippen LogP contribution in [0.4, 0.5) is 4.39 Å². The van der Waals surface area contributed by atoms with E-state index in [1.165, 1.54) is 30.1 Å². The Labute approximate surface area is 206 Å². The normalized spacial score (nSPS) is 19.8. The second-order valence-corrected chi connectivity index (χ2v) is 12.0. The highest BCUT2D eigenvalue weighted by Crippen LogP contribution is 2.37. The number of nitriles is 2. The van der Waals surface area contributed by atoms with Crippen molar-refractivity contribution in [2.45, 2.75) is 28.7 Å². The summed E-state index contributed by atoms with van der Waals surface area (Å²) in [5.41, 5.74) is 2.95. The molecule has 0 spiro atoms. The zero-order valence-corrected chi connectivity index (χ0v) is 20.4. The zero-order valence-electron chi connectivity index (χ0n) is 18.8. The summed E-state index contributed by atoms with van der Waals surface area (Å²) in [7, 11) is -0.462. The van der Waals surface area contributed by atoms with E-state index < -0.39 is 15.5 Å². The van der Waals surface area contributed by atoms with Gasteiger partial charge in [0.05, 0.1) is 35.1 Å². The van der Waals surface area contributed by atoms with E-state index in [0.717, 1.165) is 28.9 Å². The van der Waals surface area contributed by atoms with Gasteiger partial charge in [0.2, 0.25) is 0 Å². The molecule has 4 aromatic rings. The van der Waals surface area contributed by atoms with Crippen molar-refractivity contribution in [1.82, 2.24) is 19.4 Å². The minimum Gasteiger partial charge on any atom is -0.269 e. The maximum absolute atomic E-state index is 13.7. The van der Waals surface area contributed by atoms with Gasteiger partial charge in [-0.25, -0.2) is 17.5 Å². The van der Waals surface area contributed by atoms with Crippen molar-refractivity contribution < 1.29 is 8.60 Å². The van der Waals surface area contributed by atoms with Gasteiger partial charge in [0.1, 0.15) is 18.0 Å². The number of hydrogen-bond donors (Lipinski definition) is 0. The fourth-order valence-corrected chi connectivity index (χ4v) is 7.14. The van der Waals surface area contributed by atoms with E-state index in [2.05, 4.69) is 20.6 Å². The lowest BCUT2D eigenvalue weighted by atomic mass is 10.1. The Morgan fingerprint density at radius 3 is 2.54 bits per heavy atom. The number of aromatic nitrogens is 4. The van der Waals surface area contributed by atoms with E-state index in [9.17, 15) is 19.1 Å². The van der Waals surface area contributed by atoms with Gasteiger partial charge in [-0.15, -0.1) is 0 Å². The van der Waals surface area contributed by atoms with Crippen LogP contribution in [0.25, 0.3) is 16.6 Å². The summed E-state index contributed by atoms with van der Waals surface area (Å²) in [4.78, 5) is 1.30. The highest BCUT2D eigenvalue weighted by molar-refractivity contribution is 7.99. The summed E-state index contributed by atoms with van der Waals surface area (Å²) in [6.07, 6.45) is 8.58. The lowest BCUT2D eigenvalue weighted by molar-refractivity contribution is 0.420. The molecule has 1 aromatic carbocycles. The van der Waals surface area contributed by atoms with Crippen molar-refractivity contribution in [3.63, 3.8) is 0 Å². The molecule has 3 aromatic heterocycles. The maximum Gasteiger partial charge on any atom is 0.124 e. The largest absolute Gasteiger partial charge is 0.269 e. The molecule has 0 amide bonds. The second kappa shape index (κ2) is 9.17. The topological polar surface area (TPSA) is 112 Å². The first-order valence-electron chi connectivity index (χ1n) is 10.9. The molecule has 0 saturated carbocycles. The van der Waals surface area contributed by atoms with Crippen LogP contribution >= 0.6 is 11.8 Å². The molecule has 0 aliphatic carbocycles. The van der Waals surface area contributed by atoms with E-state index >= 15 is 0 Å². The molecule has 0 atom stereocenters. The first-order chi connectivity index (χ1) is 16.9. The highest BCUT2D eigenvalue weighted by atomic mass is 32.2. The number of hydrogen-bond acceptors (Lipinski definition) is 7. The fourth-order valence-electron chi connectivity index (χ4n) is 4.22. The van der Waals surface area contributed by atoms with Crippen molar-refractivity contribution in [3.05, 3.63) is 66.0 Å². The average molecular weight is 506 g/mol. The first-order valence-corrected chi connectivity index (χ1v) is 13.5. The molecule has 35 heavy (non-hydrogen) atoms. The molecule has 4 heterocycles. The Balaban J connectivity index is 1.53. The summed E-state index contributed by atoms with van der Waals surface area (Å²) >= 11 is 1.29. The predicted octanol–water partition coefficient (Wildman–Crippen LogP) is 4.66. The summed E-state index contributed by atoms with van der Waals surface area (Å²) in [5.74, 6) is 0.656. The maximum atomic E-state index is 13.7. The molecule has 0 radical (unpaired) electrons. The molecule has 5 rings (SSSR count).